The molecule has 2 aliphatic rings. The fraction of sp³-hybridized carbons (Fsp3) is 0.650. The molecule has 0 atom stereocenters. The number of hydrogen-bond acceptors (Lipinski definition) is 7. The molecule has 0 unspecified atom stereocenters. The molecule has 0 bridgehead atoms. The van der Waals surface area contributed by atoms with E-state index in [9.17, 15) is 10.1 Å². The van der Waals surface area contributed by atoms with Gasteiger partial charge in [-0.3, -0.25) is 9.69 Å². The van der Waals surface area contributed by atoms with Crippen LogP contribution in [0.1, 0.15) is 43.9 Å². The zero-order chi connectivity index (χ0) is 20.1. The van der Waals surface area contributed by atoms with Crippen molar-refractivity contribution in [3.8, 4) is 6.07 Å². The first-order valence-corrected chi connectivity index (χ1v) is 10.7. The number of nitrogens with one attached hydrogen (secondary N) is 1. The van der Waals surface area contributed by atoms with E-state index in [0.29, 0.717) is 43.4 Å². The first-order chi connectivity index (χ1) is 13.4. The van der Waals surface area contributed by atoms with Gasteiger partial charge in [-0.15, -0.1) is 0 Å². The van der Waals surface area contributed by atoms with Gasteiger partial charge >= 0.3 is 5.97 Å². The van der Waals surface area contributed by atoms with Crippen LogP contribution in [0.4, 0.5) is 5.82 Å². The summed E-state index contributed by atoms with van der Waals surface area (Å²) in [4.78, 5) is 17.6. The van der Waals surface area contributed by atoms with Crippen LogP contribution in [0.2, 0.25) is 0 Å². The largest absolute Gasteiger partial charge is 0.465 e. The van der Waals surface area contributed by atoms with Crippen molar-refractivity contribution in [2.24, 2.45) is 0 Å². The zero-order valence-electron chi connectivity index (χ0n) is 16.8. The zero-order valence-corrected chi connectivity index (χ0v) is 17.6. The van der Waals surface area contributed by atoms with Crippen molar-refractivity contribution in [3.05, 3.63) is 16.7 Å². The van der Waals surface area contributed by atoms with Crippen molar-refractivity contribution in [3.63, 3.8) is 0 Å². The van der Waals surface area contributed by atoms with Gasteiger partial charge in [0.1, 0.15) is 24.7 Å². The number of aromatic amines is 1. The van der Waals surface area contributed by atoms with Crippen LogP contribution in [0.3, 0.4) is 0 Å². The molecule has 3 rings (SSSR count). The smallest absolute Gasteiger partial charge is 0.316 e. The molecule has 0 aromatic carbocycles. The second-order valence-corrected chi connectivity index (χ2v) is 8.57. The predicted octanol–water partition coefficient (Wildman–Crippen LogP) is 2.11. The summed E-state index contributed by atoms with van der Waals surface area (Å²) in [5.74, 6) is 0.877. The van der Waals surface area contributed by atoms with Crippen molar-refractivity contribution in [1.29, 1.82) is 5.26 Å². The first kappa shape index (κ1) is 20.9. The van der Waals surface area contributed by atoms with E-state index in [4.69, 9.17) is 14.2 Å². The molecular weight excluding hydrogens is 378 g/mol. The van der Waals surface area contributed by atoms with E-state index in [-0.39, 0.29) is 17.3 Å². The summed E-state index contributed by atoms with van der Waals surface area (Å²) >= 11 is 1.33. The van der Waals surface area contributed by atoms with E-state index < -0.39 is 0 Å². The molecule has 0 radical (unpaired) electrons. The fourth-order valence-electron chi connectivity index (χ4n) is 3.44. The molecule has 0 saturated carbocycles. The Bertz CT molecular complexity index is 770. The third-order valence-corrected chi connectivity index (χ3v) is 5.84. The van der Waals surface area contributed by atoms with Crippen LogP contribution in [0, 0.1) is 11.3 Å². The Labute approximate surface area is 170 Å². The Morgan fingerprint density at radius 3 is 2.79 bits per heavy atom. The predicted molar refractivity (Wildman–Crippen MR) is 105 cm³/mol. The average Bonchev–Trinajstić information content (AvgIpc) is 2.69. The van der Waals surface area contributed by atoms with Gasteiger partial charge in [-0.2, -0.15) is 5.26 Å². The van der Waals surface area contributed by atoms with E-state index in [1.165, 1.54) is 11.8 Å². The van der Waals surface area contributed by atoms with E-state index >= 15 is 0 Å². The highest BCUT2D eigenvalue weighted by molar-refractivity contribution is 7.99. The highest BCUT2D eigenvalue weighted by Crippen LogP contribution is 2.36. The number of carbonyl (C=O) groups is 1. The minimum atomic E-state index is -0.329. The van der Waals surface area contributed by atoms with Crippen LogP contribution >= 0.6 is 11.8 Å². The van der Waals surface area contributed by atoms with E-state index in [0.717, 1.165) is 36.5 Å². The van der Waals surface area contributed by atoms with Crippen LogP contribution in [-0.2, 0) is 32.0 Å². The van der Waals surface area contributed by atoms with Crippen LogP contribution in [0.25, 0.3) is 0 Å². The second-order valence-electron chi connectivity index (χ2n) is 7.58. The van der Waals surface area contributed by atoms with Gasteiger partial charge in [0.15, 0.2) is 5.03 Å². The van der Waals surface area contributed by atoms with Crippen molar-refractivity contribution in [2.75, 3.05) is 43.6 Å². The van der Waals surface area contributed by atoms with Crippen LogP contribution in [-0.4, -0.2) is 50.2 Å². The van der Waals surface area contributed by atoms with Gasteiger partial charge < -0.3 is 14.2 Å². The van der Waals surface area contributed by atoms with Gasteiger partial charge in [-0.25, -0.2) is 4.98 Å². The van der Waals surface area contributed by atoms with Crippen LogP contribution in [0.15, 0.2) is 5.03 Å². The third-order valence-electron chi connectivity index (χ3n) is 4.86. The second kappa shape index (κ2) is 9.12. The van der Waals surface area contributed by atoms with Crippen LogP contribution < -0.4 is 9.88 Å². The molecule has 7 nitrogen and oxygen atoms in total. The molecular formula is C20H28N3O4S+. The first-order valence-electron chi connectivity index (χ1n) is 9.71. The van der Waals surface area contributed by atoms with Crippen molar-refractivity contribution in [1.82, 2.24) is 0 Å². The molecule has 0 spiro atoms. The number of morpholine rings is 1. The minimum absolute atomic E-state index is 0.173. The number of rotatable bonds is 6. The average molecular weight is 407 g/mol. The Morgan fingerprint density at radius 2 is 2.11 bits per heavy atom. The normalized spacial score (nSPS) is 18.3. The Morgan fingerprint density at radius 1 is 1.36 bits per heavy atom. The van der Waals surface area contributed by atoms with Gasteiger partial charge in [-0.1, -0.05) is 18.7 Å². The number of aromatic nitrogens is 1. The molecule has 1 N–H and O–H groups in total. The molecule has 1 fully saturated rings. The summed E-state index contributed by atoms with van der Waals surface area (Å²) in [6.45, 7) is 9.81. The summed E-state index contributed by atoms with van der Waals surface area (Å²) in [5.41, 5.74) is 2.33. The summed E-state index contributed by atoms with van der Waals surface area (Å²) < 4.78 is 16.7. The molecule has 0 aliphatic carbocycles. The maximum atomic E-state index is 12.0. The maximum absolute atomic E-state index is 12.0. The number of thioether (sulfide) groups is 1. The molecule has 1 aromatic rings. The lowest BCUT2D eigenvalue weighted by atomic mass is 9.89. The van der Waals surface area contributed by atoms with E-state index in [2.05, 4.69) is 16.0 Å². The topological polar surface area (TPSA) is 85.9 Å². The SMILES string of the molecule is CCCOC(=O)CSc1[nH+]c(N2CCOCC2)c2c(c1C#N)CC(C)(C)OC2. The number of anilines is 1. The summed E-state index contributed by atoms with van der Waals surface area (Å²) in [6.07, 6.45) is 1.45. The van der Waals surface area contributed by atoms with Crippen molar-refractivity contribution < 1.29 is 24.0 Å². The molecule has 8 heteroatoms. The number of nitrogens with zero attached hydrogens (tertiary/aromatic N) is 2. The number of nitriles is 1. The summed E-state index contributed by atoms with van der Waals surface area (Å²) in [6, 6.07) is 2.36. The summed E-state index contributed by atoms with van der Waals surface area (Å²) in [7, 11) is 0. The van der Waals surface area contributed by atoms with Gasteiger partial charge in [0, 0.05) is 6.42 Å². The number of H-pyrrole nitrogens is 1. The standard InChI is InChI=1S/C20H27N3O4S/c1-4-7-26-17(24)13-28-19-15(11-21)14-10-20(2,3)27-12-16(14)18(22-19)23-5-8-25-9-6-23/h4-10,12-13H2,1-3H3/p+1. The van der Waals surface area contributed by atoms with Gasteiger partial charge in [-0.05, 0) is 25.8 Å². The maximum Gasteiger partial charge on any atom is 0.316 e. The number of hydrogen-bond donors (Lipinski definition) is 0. The Balaban J connectivity index is 1.96. The monoisotopic (exact) mass is 406 g/mol. The van der Waals surface area contributed by atoms with Gasteiger partial charge in [0.2, 0.25) is 0 Å². The highest BCUT2D eigenvalue weighted by Gasteiger charge is 2.36. The lowest BCUT2D eigenvalue weighted by Gasteiger charge is -2.34. The quantitative estimate of drug-likeness (QED) is 0.528. The number of esters is 1. The number of carbonyl (C=O) groups excluding carboxylic acids is 1. The Kier molecular flexibility index (Phi) is 6.81. The van der Waals surface area contributed by atoms with Crippen molar-refractivity contribution >= 4 is 23.5 Å². The van der Waals surface area contributed by atoms with Crippen molar-refractivity contribution in [2.45, 2.75) is 50.8 Å². The van der Waals surface area contributed by atoms with Gasteiger partial charge in [0.25, 0.3) is 5.82 Å². The summed E-state index contributed by atoms with van der Waals surface area (Å²) in [5, 5.41) is 10.6. The third kappa shape index (κ3) is 4.77. The molecule has 1 aromatic heterocycles. The molecule has 1 saturated heterocycles. The fourth-order valence-corrected chi connectivity index (χ4v) is 4.27. The lowest BCUT2D eigenvalue weighted by molar-refractivity contribution is -0.415. The van der Waals surface area contributed by atoms with Gasteiger partial charge in [0.05, 0.1) is 43.3 Å². The molecule has 28 heavy (non-hydrogen) atoms. The van der Waals surface area contributed by atoms with E-state index in [1.807, 2.05) is 20.8 Å². The molecule has 152 valence electrons. The number of pyridine rings is 1. The minimum Gasteiger partial charge on any atom is -0.465 e. The molecule has 3 heterocycles. The van der Waals surface area contributed by atoms with Crippen LogP contribution in [0.5, 0.6) is 0 Å². The van der Waals surface area contributed by atoms with E-state index in [1.54, 1.807) is 0 Å². The molecule has 0 amide bonds. The number of fused-ring (bicyclic) bond motifs is 1. The number of ether oxygens (including phenoxy) is 3. The highest BCUT2D eigenvalue weighted by atomic mass is 32.2. The molecule has 2 aliphatic heterocycles. The lowest BCUT2D eigenvalue weighted by Crippen LogP contribution is -2.43. The Hall–Kier alpha value is -1.82.